The third-order valence-corrected chi connectivity index (χ3v) is 6.80. The maximum Gasteiger partial charge on any atom is 0.404 e. The molecule has 0 spiro atoms. The average Bonchev–Trinajstić information content (AvgIpc) is 3.27. The molecule has 0 radical (unpaired) electrons. The molecule has 7 heteroatoms. The van der Waals surface area contributed by atoms with Crippen LogP contribution in [0.1, 0.15) is 55.8 Å². The van der Waals surface area contributed by atoms with Crippen molar-refractivity contribution in [2.24, 2.45) is 5.92 Å². The van der Waals surface area contributed by atoms with E-state index in [4.69, 9.17) is 5.11 Å². The summed E-state index contributed by atoms with van der Waals surface area (Å²) in [6.45, 7) is 1.66. The summed E-state index contributed by atoms with van der Waals surface area (Å²) in [7, 11) is 0. The number of carboxylic acid groups (broad SMARTS) is 1. The summed E-state index contributed by atoms with van der Waals surface area (Å²) in [5.41, 5.74) is 3.09. The molecular formula is C28H33F2N3O2. The van der Waals surface area contributed by atoms with Gasteiger partial charge >= 0.3 is 6.09 Å². The second-order valence-corrected chi connectivity index (χ2v) is 9.31. The van der Waals surface area contributed by atoms with Crippen LogP contribution >= 0.6 is 0 Å². The van der Waals surface area contributed by atoms with Crippen molar-refractivity contribution in [3.63, 3.8) is 0 Å². The van der Waals surface area contributed by atoms with Gasteiger partial charge in [-0.1, -0.05) is 49.6 Å². The first-order valence-corrected chi connectivity index (χ1v) is 12.4. The summed E-state index contributed by atoms with van der Waals surface area (Å²) in [5.74, 6) is -0.491. The molecule has 0 bridgehead atoms. The van der Waals surface area contributed by atoms with Gasteiger partial charge in [-0.05, 0) is 61.6 Å². The minimum Gasteiger partial charge on any atom is -0.465 e. The third kappa shape index (κ3) is 6.69. The number of nitrogens with one attached hydrogen (secondary N) is 2. The Morgan fingerprint density at radius 2 is 1.80 bits per heavy atom. The summed E-state index contributed by atoms with van der Waals surface area (Å²) < 4.78 is 30.8. The highest BCUT2D eigenvalue weighted by molar-refractivity contribution is 5.65. The minimum absolute atomic E-state index is 0.0363. The van der Waals surface area contributed by atoms with Crippen molar-refractivity contribution >= 4 is 6.09 Å². The van der Waals surface area contributed by atoms with E-state index in [1.807, 2.05) is 30.5 Å². The van der Waals surface area contributed by atoms with E-state index in [1.165, 1.54) is 31.4 Å². The van der Waals surface area contributed by atoms with Crippen LogP contribution in [0, 0.1) is 17.6 Å². The molecule has 3 N–H and O–H groups in total. The zero-order valence-corrected chi connectivity index (χ0v) is 19.9. The number of carbonyl (C=O) groups is 1. The topological polar surface area (TPSA) is 66.3 Å². The van der Waals surface area contributed by atoms with E-state index in [2.05, 4.69) is 27.3 Å². The van der Waals surface area contributed by atoms with Crippen LogP contribution in [-0.4, -0.2) is 28.9 Å². The Hall–Kier alpha value is -3.19. The molecule has 0 saturated heterocycles. The van der Waals surface area contributed by atoms with E-state index < -0.39 is 17.7 Å². The Balaban J connectivity index is 1.67. The monoisotopic (exact) mass is 481 g/mol. The number of aromatic nitrogens is 1. The Labute approximate surface area is 205 Å². The fraction of sp³-hybridized carbons (Fsp3) is 0.393. The SMILES string of the molecule is O=C(O)NCCCNC(c1cc(-c2cc(F)ccc2F)cn1Cc1ccccc1)C1CCCCC1. The van der Waals surface area contributed by atoms with Gasteiger partial charge in [-0.15, -0.1) is 0 Å². The van der Waals surface area contributed by atoms with E-state index in [0.29, 0.717) is 37.5 Å². The van der Waals surface area contributed by atoms with Crippen molar-refractivity contribution in [1.82, 2.24) is 15.2 Å². The molecule has 5 nitrogen and oxygen atoms in total. The molecule has 1 atom stereocenters. The largest absolute Gasteiger partial charge is 0.465 e. The van der Waals surface area contributed by atoms with E-state index >= 15 is 0 Å². The lowest BCUT2D eigenvalue weighted by Crippen LogP contribution is -2.33. The first-order valence-electron chi connectivity index (χ1n) is 12.4. The first-order chi connectivity index (χ1) is 17.0. The van der Waals surface area contributed by atoms with Crippen molar-refractivity contribution in [1.29, 1.82) is 0 Å². The molecule has 35 heavy (non-hydrogen) atoms. The summed E-state index contributed by atoms with van der Waals surface area (Å²) in [6.07, 6.45) is 7.35. The lowest BCUT2D eigenvalue weighted by molar-refractivity contribution is 0.194. The molecule has 186 valence electrons. The van der Waals surface area contributed by atoms with Crippen LogP contribution in [0.15, 0.2) is 60.8 Å². The second kappa shape index (κ2) is 12.0. The number of amides is 1. The molecule has 1 amide bonds. The van der Waals surface area contributed by atoms with Crippen LogP contribution in [-0.2, 0) is 6.54 Å². The van der Waals surface area contributed by atoms with E-state index in [1.54, 1.807) is 0 Å². The Morgan fingerprint density at radius 1 is 1.03 bits per heavy atom. The minimum atomic E-state index is -1.02. The lowest BCUT2D eigenvalue weighted by atomic mass is 9.82. The van der Waals surface area contributed by atoms with Crippen LogP contribution in [0.2, 0.25) is 0 Å². The van der Waals surface area contributed by atoms with Crippen LogP contribution in [0.3, 0.4) is 0 Å². The average molecular weight is 482 g/mol. The van der Waals surface area contributed by atoms with Gasteiger partial charge in [0, 0.05) is 36.1 Å². The molecule has 1 saturated carbocycles. The molecule has 4 rings (SSSR count). The van der Waals surface area contributed by atoms with Gasteiger partial charge in [0.05, 0.1) is 6.04 Å². The van der Waals surface area contributed by atoms with Crippen LogP contribution < -0.4 is 10.6 Å². The number of nitrogens with zero attached hydrogens (tertiary/aromatic N) is 1. The summed E-state index contributed by atoms with van der Waals surface area (Å²) >= 11 is 0. The predicted molar refractivity (Wildman–Crippen MR) is 133 cm³/mol. The van der Waals surface area contributed by atoms with Gasteiger partial charge in [0.15, 0.2) is 0 Å². The van der Waals surface area contributed by atoms with Crippen molar-refractivity contribution < 1.29 is 18.7 Å². The molecule has 1 aliphatic carbocycles. The zero-order valence-electron chi connectivity index (χ0n) is 19.9. The van der Waals surface area contributed by atoms with E-state index in [0.717, 1.165) is 30.2 Å². The van der Waals surface area contributed by atoms with Crippen molar-refractivity contribution in [3.8, 4) is 11.1 Å². The van der Waals surface area contributed by atoms with Crippen molar-refractivity contribution in [3.05, 3.63) is 83.7 Å². The molecule has 1 fully saturated rings. The summed E-state index contributed by atoms with van der Waals surface area (Å²) in [5, 5.41) is 14.9. The highest BCUT2D eigenvalue weighted by Crippen LogP contribution is 2.37. The van der Waals surface area contributed by atoms with Crippen molar-refractivity contribution in [2.45, 2.75) is 51.1 Å². The van der Waals surface area contributed by atoms with Gasteiger partial charge in [-0.25, -0.2) is 13.6 Å². The Kier molecular flexibility index (Phi) is 8.53. The lowest BCUT2D eigenvalue weighted by Gasteiger charge is -2.32. The Bertz CT molecular complexity index is 1110. The number of benzene rings is 2. The highest BCUT2D eigenvalue weighted by Gasteiger charge is 2.28. The number of hydrogen-bond donors (Lipinski definition) is 3. The maximum absolute atomic E-state index is 14.7. The van der Waals surface area contributed by atoms with Gasteiger partial charge in [-0.2, -0.15) is 0 Å². The van der Waals surface area contributed by atoms with Gasteiger partial charge in [0.1, 0.15) is 11.6 Å². The zero-order chi connectivity index (χ0) is 24.6. The molecule has 2 aromatic carbocycles. The summed E-state index contributed by atoms with van der Waals surface area (Å²) in [6, 6.07) is 15.7. The van der Waals surface area contributed by atoms with Crippen molar-refractivity contribution in [2.75, 3.05) is 13.1 Å². The van der Waals surface area contributed by atoms with Crippen LogP contribution in [0.4, 0.5) is 13.6 Å². The normalized spacial score (nSPS) is 15.1. The molecule has 1 unspecified atom stereocenters. The van der Waals surface area contributed by atoms with Gasteiger partial charge in [-0.3, -0.25) is 0 Å². The van der Waals surface area contributed by atoms with Gasteiger partial charge in [0.25, 0.3) is 0 Å². The molecule has 1 aliphatic rings. The maximum atomic E-state index is 14.7. The fourth-order valence-electron chi connectivity index (χ4n) is 5.09. The molecule has 3 aromatic rings. The van der Waals surface area contributed by atoms with Crippen LogP contribution in [0.25, 0.3) is 11.1 Å². The molecule has 1 heterocycles. The molecule has 1 aromatic heterocycles. The fourth-order valence-corrected chi connectivity index (χ4v) is 5.09. The third-order valence-electron chi connectivity index (χ3n) is 6.80. The quantitative estimate of drug-likeness (QED) is 0.296. The van der Waals surface area contributed by atoms with Gasteiger partial charge in [0.2, 0.25) is 0 Å². The first kappa shape index (κ1) is 24.9. The molecular weight excluding hydrogens is 448 g/mol. The second-order valence-electron chi connectivity index (χ2n) is 9.31. The predicted octanol–water partition coefficient (Wildman–Crippen LogP) is 6.35. The standard InChI is InChI=1S/C28H33F2N3O2/c29-23-12-13-25(30)24(17-23)22-16-26(33(19-22)18-20-8-3-1-4-9-20)27(21-10-5-2-6-11-21)31-14-7-15-32-28(34)35/h1,3-4,8-9,12-13,16-17,19,21,27,31-32H,2,5-7,10-11,14-15,18H2,(H,34,35). The number of halogens is 2. The number of hydrogen-bond acceptors (Lipinski definition) is 2. The number of rotatable bonds is 10. The summed E-state index contributed by atoms with van der Waals surface area (Å²) in [4.78, 5) is 10.8. The van der Waals surface area contributed by atoms with E-state index in [-0.39, 0.29) is 11.6 Å². The highest BCUT2D eigenvalue weighted by atomic mass is 19.1. The molecule has 0 aliphatic heterocycles. The van der Waals surface area contributed by atoms with Crippen LogP contribution in [0.5, 0.6) is 0 Å². The van der Waals surface area contributed by atoms with E-state index in [9.17, 15) is 13.6 Å². The Morgan fingerprint density at radius 3 is 2.54 bits per heavy atom. The smallest absolute Gasteiger partial charge is 0.404 e. The van der Waals surface area contributed by atoms with Gasteiger partial charge < -0.3 is 20.3 Å².